The van der Waals surface area contributed by atoms with Gasteiger partial charge < -0.3 is 5.32 Å². The van der Waals surface area contributed by atoms with Crippen LogP contribution in [-0.2, 0) is 17.4 Å². The van der Waals surface area contributed by atoms with Crippen molar-refractivity contribution in [3.8, 4) is 0 Å². The second-order valence-electron chi connectivity index (χ2n) is 4.09. The van der Waals surface area contributed by atoms with Crippen LogP contribution in [0.25, 0.3) is 0 Å². The predicted octanol–water partition coefficient (Wildman–Crippen LogP) is 2.44. The summed E-state index contributed by atoms with van der Waals surface area (Å²) in [7, 11) is 0. The fraction of sp³-hybridized carbons (Fsp3) is 0.167. The quantitative estimate of drug-likeness (QED) is 0.460. The molecule has 1 aromatic heterocycles. The van der Waals surface area contributed by atoms with Gasteiger partial charge in [0.15, 0.2) is 5.13 Å². The van der Waals surface area contributed by atoms with Crippen LogP contribution in [0.3, 0.4) is 0 Å². The highest BCUT2D eigenvalue weighted by Crippen LogP contribution is 2.31. The number of anilines is 2. The van der Waals surface area contributed by atoms with E-state index >= 15 is 0 Å². The summed E-state index contributed by atoms with van der Waals surface area (Å²) in [5.41, 5.74) is 1.99. The van der Waals surface area contributed by atoms with Gasteiger partial charge in [-0.15, -0.1) is 11.3 Å². The Labute approximate surface area is 122 Å². The van der Waals surface area contributed by atoms with Gasteiger partial charge in [-0.2, -0.15) is 13.2 Å². The molecule has 112 valence electrons. The maximum Gasteiger partial charge on any atom is 0.416 e. The molecule has 0 radical (unpaired) electrons. The fourth-order valence-corrected chi connectivity index (χ4v) is 2.29. The van der Waals surface area contributed by atoms with Gasteiger partial charge in [0.25, 0.3) is 0 Å². The first-order valence-corrected chi connectivity index (χ1v) is 6.64. The topological polar surface area (TPSA) is 80.0 Å². The number of carbonyl (C=O) groups excluding carboxylic acids is 1. The Kier molecular flexibility index (Phi) is 4.43. The summed E-state index contributed by atoms with van der Waals surface area (Å²) in [6.45, 7) is 0. The Morgan fingerprint density at radius 2 is 2.14 bits per heavy atom. The van der Waals surface area contributed by atoms with Crippen LogP contribution in [0.15, 0.2) is 29.6 Å². The molecule has 2 aromatic rings. The van der Waals surface area contributed by atoms with Crippen molar-refractivity contribution in [2.75, 3.05) is 5.32 Å². The number of thiazole rings is 1. The third-order valence-electron chi connectivity index (χ3n) is 2.50. The molecule has 0 bridgehead atoms. The average Bonchev–Trinajstić information content (AvgIpc) is 2.85. The average molecular weight is 316 g/mol. The number of hydrazine groups is 1. The highest BCUT2D eigenvalue weighted by Gasteiger charge is 2.30. The van der Waals surface area contributed by atoms with Crippen LogP contribution < -0.4 is 16.6 Å². The third kappa shape index (κ3) is 4.17. The number of rotatable bonds is 4. The number of nitrogens with two attached hydrogens (primary N) is 1. The van der Waals surface area contributed by atoms with Gasteiger partial charge in [-0.1, -0.05) is 6.07 Å². The summed E-state index contributed by atoms with van der Waals surface area (Å²) in [6, 6.07) is 4.79. The molecule has 2 rings (SSSR count). The van der Waals surface area contributed by atoms with Crippen LogP contribution in [0.1, 0.15) is 11.3 Å². The molecule has 0 aliphatic rings. The smallest absolute Gasteiger partial charge is 0.332 e. The first-order valence-electron chi connectivity index (χ1n) is 5.76. The summed E-state index contributed by atoms with van der Waals surface area (Å²) in [6.07, 6.45) is -4.39. The Morgan fingerprint density at radius 1 is 1.38 bits per heavy atom. The predicted molar refractivity (Wildman–Crippen MR) is 72.9 cm³/mol. The molecule has 1 heterocycles. The van der Waals surface area contributed by atoms with Crippen molar-refractivity contribution in [1.29, 1.82) is 0 Å². The zero-order valence-corrected chi connectivity index (χ0v) is 11.4. The molecule has 0 unspecified atom stereocenters. The zero-order valence-electron chi connectivity index (χ0n) is 10.6. The summed E-state index contributed by atoms with van der Waals surface area (Å²) in [5.74, 6) is 4.56. The zero-order chi connectivity index (χ0) is 15.5. The van der Waals surface area contributed by atoms with Crippen molar-refractivity contribution in [3.05, 3.63) is 40.9 Å². The second kappa shape index (κ2) is 6.10. The molecular weight excluding hydrogens is 305 g/mol. The minimum atomic E-state index is -4.40. The molecule has 1 aromatic carbocycles. The molecule has 0 aliphatic carbocycles. The second-order valence-corrected chi connectivity index (χ2v) is 4.95. The van der Waals surface area contributed by atoms with E-state index in [2.05, 4.69) is 10.3 Å². The van der Waals surface area contributed by atoms with E-state index in [9.17, 15) is 18.0 Å². The van der Waals surface area contributed by atoms with Gasteiger partial charge in [-0.3, -0.25) is 10.2 Å². The van der Waals surface area contributed by atoms with E-state index in [1.165, 1.54) is 23.5 Å². The van der Waals surface area contributed by atoms with Crippen molar-refractivity contribution in [1.82, 2.24) is 10.4 Å². The maximum atomic E-state index is 12.6. The van der Waals surface area contributed by atoms with E-state index in [1.54, 1.807) is 5.38 Å². The molecule has 0 saturated heterocycles. The number of nitrogens with one attached hydrogen (secondary N) is 2. The number of alkyl halides is 3. The van der Waals surface area contributed by atoms with Crippen LogP contribution in [0.4, 0.5) is 24.0 Å². The molecule has 0 fully saturated rings. The monoisotopic (exact) mass is 316 g/mol. The van der Waals surface area contributed by atoms with E-state index in [4.69, 9.17) is 5.84 Å². The lowest BCUT2D eigenvalue weighted by Crippen LogP contribution is -2.31. The normalized spacial score (nSPS) is 11.2. The Hall–Kier alpha value is -2.13. The van der Waals surface area contributed by atoms with Gasteiger partial charge in [-0.05, 0) is 18.2 Å². The Morgan fingerprint density at radius 3 is 2.81 bits per heavy atom. The Balaban J connectivity index is 2.10. The SMILES string of the molecule is NNC(=O)Cc1csc(Nc2cccc(C(F)(F)F)c2)n1. The molecule has 0 saturated carbocycles. The number of carbonyl (C=O) groups is 1. The van der Waals surface area contributed by atoms with Crippen LogP contribution >= 0.6 is 11.3 Å². The highest BCUT2D eigenvalue weighted by atomic mass is 32.1. The summed E-state index contributed by atoms with van der Waals surface area (Å²) in [5, 5.41) is 4.80. The summed E-state index contributed by atoms with van der Waals surface area (Å²) < 4.78 is 37.8. The number of benzene rings is 1. The van der Waals surface area contributed by atoms with Gasteiger partial charge in [0, 0.05) is 11.1 Å². The molecule has 5 nitrogen and oxygen atoms in total. The lowest BCUT2D eigenvalue weighted by Gasteiger charge is -2.08. The lowest BCUT2D eigenvalue weighted by molar-refractivity contribution is -0.137. The van der Waals surface area contributed by atoms with Gasteiger partial charge in [0.05, 0.1) is 17.7 Å². The van der Waals surface area contributed by atoms with E-state index in [1.807, 2.05) is 5.43 Å². The minimum Gasteiger partial charge on any atom is -0.332 e. The van der Waals surface area contributed by atoms with Crippen molar-refractivity contribution >= 4 is 28.1 Å². The largest absolute Gasteiger partial charge is 0.416 e. The number of nitrogens with zero attached hydrogens (tertiary/aromatic N) is 1. The molecule has 0 aliphatic heterocycles. The van der Waals surface area contributed by atoms with Crippen molar-refractivity contribution in [2.24, 2.45) is 5.84 Å². The molecule has 4 N–H and O–H groups in total. The summed E-state index contributed by atoms with van der Waals surface area (Å²) in [4.78, 5) is 15.2. The molecular formula is C12H11F3N4OS. The maximum absolute atomic E-state index is 12.6. The molecule has 0 atom stereocenters. The van der Waals surface area contributed by atoms with Gasteiger partial charge in [-0.25, -0.2) is 10.8 Å². The highest BCUT2D eigenvalue weighted by molar-refractivity contribution is 7.13. The van der Waals surface area contributed by atoms with Crippen molar-refractivity contribution in [2.45, 2.75) is 12.6 Å². The van der Waals surface area contributed by atoms with Crippen LogP contribution in [0.5, 0.6) is 0 Å². The Bertz CT molecular complexity index is 641. The number of hydrogen-bond donors (Lipinski definition) is 3. The number of halogens is 3. The lowest BCUT2D eigenvalue weighted by atomic mass is 10.2. The van der Waals surface area contributed by atoms with Gasteiger partial charge in [0.2, 0.25) is 5.91 Å². The molecule has 9 heteroatoms. The van der Waals surface area contributed by atoms with Gasteiger partial charge >= 0.3 is 6.18 Å². The van der Waals surface area contributed by atoms with E-state index < -0.39 is 17.6 Å². The third-order valence-corrected chi connectivity index (χ3v) is 3.30. The van der Waals surface area contributed by atoms with Crippen LogP contribution in [0, 0.1) is 0 Å². The molecule has 1 amide bonds. The minimum absolute atomic E-state index is 0.0112. The molecule has 21 heavy (non-hydrogen) atoms. The van der Waals surface area contributed by atoms with Gasteiger partial charge in [0.1, 0.15) is 0 Å². The van der Waals surface area contributed by atoms with Crippen molar-refractivity contribution < 1.29 is 18.0 Å². The first kappa shape index (κ1) is 15.3. The van der Waals surface area contributed by atoms with E-state index in [0.29, 0.717) is 10.8 Å². The van der Waals surface area contributed by atoms with Crippen LogP contribution in [0.2, 0.25) is 0 Å². The fourth-order valence-electron chi connectivity index (χ4n) is 1.56. The number of aromatic nitrogens is 1. The molecule has 0 spiro atoms. The number of amides is 1. The van der Waals surface area contributed by atoms with E-state index in [-0.39, 0.29) is 12.1 Å². The van der Waals surface area contributed by atoms with Crippen LogP contribution in [-0.4, -0.2) is 10.9 Å². The van der Waals surface area contributed by atoms with Crippen molar-refractivity contribution in [3.63, 3.8) is 0 Å². The number of hydrogen-bond acceptors (Lipinski definition) is 5. The standard InChI is InChI=1S/C12H11F3N4OS/c13-12(14,15)7-2-1-3-8(4-7)17-11-18-9(6-21-11)5-10(20)19-16/h1-4,6H,5,16H2,(H,17,18)(H,19,20). The summed E-state index contributed by atoms with van der Waals surface area (Å²) >= 11 is 1.19. The van der Waals surface area contributed by atoms with E-state index in [0.717, 1.165) is 12.1 Å². The first-order chi connectivity index (χ1) is 9.88.